The number of rotatable bonds is 6. The van der Waals surface area contributed by atoms with Crippen LogP contribution in [0.5, 0.6) is 0 Å². The molecule has 0 spiro atoms. The molecule has 156 valence electrons. The Labute approximate surface area is 178 Å². The van der Waals surface area contributed by atoms with Gasteiger partial charge in [0, 0.05) is 37.5 Å². The number of thiazole rings is 1. The van der Waals surface area contributed by atoms with Gasteiger partial charge >= 0.3 is 0 Å². The standard InChI is InChI=1S/C22H23FN4O2S/c1-13(24-14(2)28)15-5-7-16(8-6-15)19-12-30-22(25-19)26-21(29)17-9-10-20(27(3)4)18(23)11-17/h5-13H,1-4H3,(H,24,28)(H,25,26,29). The minimum absolute atomic E-state index is 0.0808. The van der Waals surface area contributed by atoms with E-state index in [9.17, 15) is 14.0 Å². The summed E-state index contributed by atoms with van der Waals surface area (Å²) in [7, 11) is 3.48. The molecule has 1 aromatic heterocycles. The van der Waals surface area contributed by atoms with E-state index in [2.05, 4.69) is 15.6 Å². The predicted octanol–water partition coefficient (Wildman–Crippen LogP) is 4.46. The van der Waals surface area contributed by atoms with E-state index in [4.69, 9.17) is 0 Å². The number of carbonyl (C=O) groups excluding carboxylic acids is 2. The Bertz CT molecular complexity index is 1060. The zero-order valence-corrected chi connectivity index (χ0v) is 18.0. The second kappa shape index (κ2) is 9.04. The number of nitrogens with zero attached hydrogens (tertiary/aromatic N) is 2. The van der Waals surface area contributed by atoms with Crippen molar-refractivity contribution in [3.63, 3.8) is 0 Å². The summed E-state index contributed by atoms with van der Waals surface area (Å²) in [6, 6.07) is 12.0. The zero-order chi connectivity index (χ0) is 21.8. The van der Waals surface area contributed by atoms with E-state index in [1.165, 1.54) is 24.3 Å². The third-order valence-corrected chi connectivity index (χ3v) is 5.30. The molecular weight excluding hydrogens is 403 g/mol. The molecule has 3 aromatic rings. The molecule has 0 aliphatic rings. The minimum atomic E-state index is -0.457. The lowest BCUT2D eigenvalue weighted by Gasteiger charge is -2.13. The van der Waals surface area contributed by atoms with Crippen LogP contribution >= 0.6 is 11.3 Å². The molecule has 8 heteroatoms. The number of carbonyl (C=O) groups is 2. The fraction of sp³-hybridized carbons (Fsp3) is 0.227. The van der Waals surface area contributed by atoms with Crippen LogP contribution in [0.1, 0.15) is 35.8 Å². The van der Waals surface area contributed by atoms with Crippen LogP contribution in [0.3, 0.4) is 0 Å². The number of hydrogen-bond donors (Lipinski definition) is 2. The van der Waals surface area contributed by atoms with E-state index < -0.39 is 11.7 Å². The Morgan fingerprint density at radius 2 is 1.83 bits per heavy atom. The summed E-state index contributed by atoms with van der Waals surface area (Å²) < 4.78 is 14.1. The molecule has 0 aliphatic carbocycles. The largest absolute Gasteiger partial charge is 0.375 e. The zero-order valence-electron chi connectivity index (χ0n) is 17.2. The van der Waals surface area contributed by atoms with Crippen LogP contribution in [0.25, 0.3) is 11.3 Å². The van der Waals surface area contributed by atoms with Gasteiger partial charge in [-0.05, 0) is 30.7 Å². The SMILES string of the molecule is CC(=O)NC(C)c1ccc(-c2csc(NC(=O)c3ccc(N(C)C)c(F)c3)n2)cc1. The van der Waals surface area contributed by atoms with Gasteiger partial charge in [-0.1, -0.05) is 24.3 Å². The highest BCUT2D eigenvalue weighted by molar-refractivity contribution is 7.14. The van der Waals surface area contributed by atoms with E-state index >= 15 is 0 Å². The first kappa shape index (κ1) is 21.4. The number of halogens is 1. The molecular formula is C22H23FN4O2S. The molecule has 0 saturated carbocycles. The molecule has 0 aliphatic heterocycles. The molecule has 0 radical (unpaired) electrons. The second-order valence-corrected chi connectivity index (χ2v) is 7.95. The van der Waals surface area contributed by atoms with Gasteiger partial charge in [0.2, 0.25) is 5.91 Å². The van der Waals surface area contributed by atoms with Gasteiger partial charge < -0.3 is 10.2 Å². The Hall–Kier alpha value is -3.26. The second-order valence-electron chi connectivity index (χ2n) is 7.10. The minimum Gasteiger partial charge on any atom is -0.375 e. The van der Waals surface area contributed by atoms with E-state index in [-0.39, 0.29) is 17.5 Å². The number of amides is 2. The molecule has 2 amide bonds. The summed E-state index contributed by atoms with van der Waals surface area (Å²) >= 11 is 1.30. The molecule has 0 fully saturated rings. The highest BCUT2D eigenvalue weighted by Crippen LogP contribution is 2.27. The van der Waals surface area contributed by atoms with Crippen molar-refractivity contribution in [1.82, 2.24) is 10.3 Å². The van der Waals surface area contributed by atoms with E-state index in [0.717, 1.165) is 16.8 Å². The van der Waals surface area contributed by atoms with Crippen LogP contribution < -0.4 is 15.5 Å². The maximum atomic E-state index is 14.1. The van der Waals surface area contributed by atoms with Gasteiger partial charge in [0.05, 0.1) is 17.4 Å². The van der Waals surface area contributed by atoms with Crippen molar-refractivity contribution < 1.29 is 14.0 Å². The van der Waals surface area contributed by atoms with Crippen molar-refractivity contribution in [2.45, 2.75) is 19.9 Å². The Morgan fingerprint density at radius 3 is 2.43 bits per heavy atom. The summed E-state index contributed by atoms with van der Waals surface area (Å²) in [6.45, 7) is 3.40. The lowest BCUT2D eigenvalue weighted by Crippen LogP contribution is -2.23. The third kappa shape index (κ3) is 5.01. The molecule has 3 rings (SSSR count). The fourth-order valence-corrected chi connectivity index (χ4v) is 3.69. The highest BCUT2D eigenvalue weighted by Gasteiger charge is 2.14. The van der Waals surface area contributed by atoms with Gasteiger partial charge in [-0.15, -0.1) is 11.3 Å². The van der Waals surface area contributed by atoms with Crippen LogP contribution in [-0.2, 0) is 4.79 Å². The number of nitrogens with one attached hydrogen (secondary N) is 2. The highest BCUT2D eigenvalue weighted by atomic mass is 32.1. The van der Waals surface area contributed by atoms with Crippen LogP contribution in [0.15, 0.2) is 47.8 Å². The van der Waals surface area contributed by atoms with Gasteiger partial charge in [-0.3, -0.25) is 14.9 Å². The number of aromatic nitrogens is 1. The van der Waals surface area contributed by atoms with Crippen molar-refractivity contribution >= 4 is 34.0 Å². The lowest BCUT2D eigenvalue weighted by molar-refractivity contribution is -0.119. The normalized spacial score (nSPS) is 11.6. The number of anilines is 2. The van der Waals surface area contributed by atoms with Crippen LogP contribution in [0, 0.1) is 5.82 Å². The van der Waals surface area contributed by atoms with Crippen LogP contribution in [-0.4, -0.2) is 30.9 Å². The number of benzene rings is 2. The predicted molar refractivity (Wildman–Crippen MR) is 118 cm³/mol. The maximum absolute atomic E-state index is 14.1. The summed E-state index contributed by atoms with van der Waals surface area (Å²) in [4.78, 5) is 29.7. The van der Waals surface area contributed by atoms with Gasteiger partial charge in [0.15, 0.2) is 5.13 Å². The Balaban J connectivity index is 1.70. The van der Waals surface area contributed by atoms with Crippen molar-refractivity contribution in [2.75, 3.05) is 24.3 Å². The van der Waals surface area contributed by atoms with E-state index in [1.807, 2.05) is 36.6 Å². The Morgan fingerprint density at radius 1 is 1.13 bits per heavy atom. The number of hydrogen-bond acceptors (Lipinski definition) is 5. The van der Waals surface area contributed by atoms with Crippen molar-refractivity contribution in [2.24, 2.45) is 0 Å². The van der Waals surface area contributed by atoms with Crippen LogP contribution in [0.2, 0.25) is 0 Å². The summed E-state index contributed by atoms with van der Waals surface area (Å²) in [6.07, 6.45) is 0. The summed E-state index contributed by atoms with van der Waals surface area (Å²) in [5.74, 6) is -0.955. The molecule has 6 nitrogen and oxygen atoms in total. The van der Waals surface area contributed by atoms with Crippen molar-refractivity contribution in [3.05, 3.63) is 64.8 Å². The molecule has 2 aromatic carbocycles. The quantitative estimate of drug-likeness (QED) is 0.610. The average molecular weight is 427 g/mol. The van der Waals surface area contributed by atoms with Crippen molar-refractivity contribution in [3.8, 4) is 11.3 Å². The molecule has 0 saturated heterocycles. The van der Waals surface area contributed by atoms with Gasteiger partial charge in [0.25, 0.3) is 5.91 Å². The maximum Gasteiger partial charge on any atom is 0.257 e. The third-order valence-electron chi connectivity index (χ3n) is 4.54. The first-order valence-corrected chi connectivity index (χ1v) is 10.2. The molecule has 1 heterocycles. The molecule has 1 atom stereocenters. The molecule has 2 N–H and O–H groups in total. The van der Waals surface area contributed by atoms with E-state index in [1.54, 1.807) is 31.1 Å². The van der Waals surface area contributed by atoms with E-state index in [0.29, 0.717) is 10.8 Å². The van der Waals surface area contributed by atoms with Gasteiger partial charge in [-0.2, -0.15) is 0 Å². The smallest absolute Gasteiger partial charge is 0.257 e. The molecule has 1 unspecified atom stereocenters. The first-order valence-electron chi connectivity index (χ1n) is 9.36. The lowest BCUT2D eigenvalue weighted by atomic mass is 10.1. The summed E-state index contributed by atoms with van der Waals surface area (Å²) in [5, 5.41) is 7.84. The monoisotopic (exact) mass is 426 g/mol. The summed E-state index contributed by atoms with van der Waals surface area (Å²) in [5.41, 5.74) is 3.25. The average Bonchev–Trinajstić information content (AvgIpc) is 3.15. The fourth-order valence-electron chi connectivity index (χ4n) is 2.97. The topological polar surface area (TPSA) is 74.3 Å². The van der Waals surface area contributed by atoms with Gasteiger partial charge in [0.1, 0.15) is 5.82 Å². The molecule has 30 heavy (non-hydrogen) atoms. The Kier molecular flexibility index (Phi) is 6.47. The van der Waals surface area contributed by atoms with Crippen LogP contribution in [0.4, 0.5) is 15.2 Å². The van der Waals surface area contributed by atoms with Crippen molar-refractivity contribution in [1.29, 1.82) is 0 Å². The molecule has 0 bridgehead atoms. The first-order chi connectivity index (χ1) is 14.2. The van der Waals surface area contributed by atoms with Gasteiger partial charge in [-0.25, -0.2) is 9.37 Å².